The molecule has 0 aliphatic heterocycles. The quantitative estimate of drug-likeness (QED) is 0.431. The maximum absolute atomic E-state index is 4.78. The van der Waals surface area contributed by atoms with Crippen LogP contribution < -0.4 is 5.32 Å². The van der Waals surface area contributed by atoms with Gasteiger partial charge >= 0.3 is 0 Å². The molecule has 0 aliphatic carbocycles. The molecule has 0 amide bonds. The monoisotopic (exact) mass is 131 g/mol. The number of hydrogen-bond acceptors (Lipinski definition) is 3. The minimum atomic E-state index is 0.576. The zero-order valence-corrected chi connectivity index (χ0v) is 5.94. The molecule has 0 aromatic rings. The third-order valence-electron chi connectivity index (χ3n) is 0.875. The standard InChI is InChI=1S/C6H13NO2/c1-6(9-3)7-4-5-8-2/h7H,1,4-5H2,2-3H3. The second-order valence-electron chi connectivity index (χ2n) is 1.55. The largest absolute Gasteiger partial charge is 0.483 e. The summed E-state index contributed by atoms with van der Waals surface area (Å²) in [6.45, 7) is 4.96. The van der Waals surface area contributed by atoms with Crippen molar-refractivity contribution in [3.8, 4) is 0 Å². The summed E-state index contributed by atoms with van der Waals surface area (Å²) >= 11 is 0. The smallest absolute Gasteiger partial charge is 0.178 e. The van der Waals surface area contributed by atoms with Crippen LogP contribution in [0.15, 0.2) is 12.5 Å². The summed E-state index contributed by atoms with van der Waals surface area (Å²) in [6, 6.07) is 0. The highest BCUT2D eigenvalue weighted by molar-refractivity contribution is 4.76. The Balaban J connectivity index is 2.97. The molecule has 0 fully saturated rings. The first-order valence-corrected chi connectivity index (χ1v) is 2.77. The molecule has 0 aliphatic rings. The van der Waals surface area contributed by atoms with Crippen molar-refractivity contribution >= 4 is 0 Å². The van der Waals surface area contributed by atoms with Crippen LogP contribution >= 0.6 is 0 Å². The molecule has 0 bridgehead atoms. The van der Waals surface area contributed by atoms with E-state index in [0.717, 1.165) is 6.54 Å². The summed E-state index contributed by atoms with van der Waals surface area (Å²) in [4.78, 5) is 0. The van der Waals surface area contributed by atoms with Gasteiger partial charge in [0.05, 0.1) is 13.7 Å². The van der Waals surface area contributed by atoms with E-state index in [2.05, 4.69) is 11.9 Å². The van der Waals surface area contributed by atoms with Crippen molar-refractivity contribution in [3.05, 3.63) is 12.5 Å². The van der Waals surface area contributed by atoms with Crippen molar-refractivity contribution in [2.75, 3.05) is 27.4 Å². The number of methoxy groups -OCH3 is 2. The zero-order chi connectivity index (χ0) is 7.11. The Morgan fingerprint density at radius 1 is 1.56 bits per heavy atom. The second-order valence-corrected chi connectivity index (χ2v) is 1.55. The maximum atomic E-state index is 4.78. The lowest BCUT2D eigenvalue weighted by Crippen LogP contribution is -2.18. The zero-order valence-electron chi connectivity index (χ0n) is 5.94. The Kier molecular flexibility index (Phi) is 5.01. The molecule has 3 nitrogen and oxygen atoms in total. The first-order valence-electron chi connectivity index (χ1n) is 2.77. The number of rotatable bonds is 5. The highest BCUT2D eigenvalue weighted by atomic mass is 16.5. The van der Waals surface area contributed by atoms with Gasteiger partial charge in [0.1, 0.15) is 0 Å². The van der Waals surface area contributed by atoms with Crippen molar-refractivity contribution in [1.82, 2.24) is 5.32 Å². The van der Waals surface area contributed by atoms with Crippen LogP contribution in [0.25, 0.3) is 0 Å². The molecule has 0 radical (unpaired) electrons. The van der Waals surface area contributed by atoms with Gasteiger partial charge in [-0.2, -0.15) is 0 Å². The van der Waals surface area contributed by atoms with Gasteiger partial charge in [-0.3, -0.25) is 0 Å². The minimum Gasteiger partial charge on any atom is -0.483 e. The molecular formula is C6H13NO2. The van der Waals surface area contributed by atoms with Gasteiger partial charge in [0.15, 0.2) is 5.88 Å². The van der Waals surface area contributed by atoms with Gasteiger partial charge in [-0.1, -0.05) is 0 Å². The van der Waals surface area contributed by atoms with Crippen molar-refractivity contribution in [1.29, 1.82) is 0 Å². The molecule has 0 rings (SSSR count). The van der Waals surface area contributed by atoms with Crippen LogP contribution in [0.2, 0.25) is 0 Å². The van der Waals surface area contributed by atoms with Crippen LogP contribution in [0.1, 0.15) is 0 Å². The third kappa shape index (κ3) is 5.17. The Labute approximate surface area is 55.7 Å². The van der Waals surface area contributed by atoms with E-state index in [1.807, 2.05) is 0 Å². The van der Waals surface area contributed by atoms with Crippen molar-refractivity contribution in [2.45, 2.75) is 0 Å². The van der Waals surface area contributed by atoms with Crippen LogP contribution in [0.3, 0.4) is 0 Å². The molecule has 0 aromatic carbocycles. The number of hydrogen-bond donors (Lipinski definition) is 1. The molecule has 0 heterocycles. The topological polar surface area (TPSA) is 30.5 Å². The van der Waals surface area contributed by atoms with Gasteiger partial charge in [-0.05, 0) is 6.58 Å². The van der Waals surface area contributed by atoms with E-state index in [4.69, 9.17) is 9.47 Å². The fourth-order valence-corrected chi connectivity index (χ4v) is 0.365. The molecule has 0 saturated carbocycles. The van der Waals surface area contributed by atoms with Crippen LogP contribution in [0.4, 0.5) is 0 Å². The first-order chi connectivity index (χ1) is 4.31. The molecule has 0 saturated heterocycles. The van der Waals surface area contributed by atoms with E-state index < -0.39 is 0 Å². The van der Waals surface area contributed by atoms with Gasteiger partial charge in [0.25, 0.3) is 0 Å². The first kappa shape index (κ1) is 8.30. The summed E-state index contributed by atoms with van der Waals surface area (Å²) in [5, 5.41) is 2.89. The van der Waals surface area contributed by atoms with E-state index in [1.54, 1.807) is 14.2 Å². The predicted molar refractivity (Wildman–Crippen MR) is 36.0 cm³/mol. The highest BCUT2D eigenvalue weighted by Gasteiger charge is 1.86. The third-order valence-corrected chi connectivity index (χ3v) is 0.875. The lowest BCUT2D eigenvalue weighted by atomic mass is 10.7. The molecule has 0 spiro atoms. The Morgan fingerprint density at radius 3 is 2.67 bits per heavy atom. The average Bonchev–Trinajstić information content (AvgIpc) is 1.89. The van der Waals surface area contributed by atoms with Gasteiger partial charge in [-0.25, -0.2) is 0 Å². The molecule has 9 heavy (non-hydrogen) atoms. The number of nitrogens with one attached hydrogen (secondary N) is 1. The summed E-state index contributed by atoms with van der Waals surface area (Å²) in [7, 11) is 3.22. The summed E-state index contributed by atoms with van der Waals surface area (Å²) in [5.74, 6) is 0.576. The molecule has 0 atom stereocenters. The maximum Gasteiger partial charge on any atom is 0.178 e. The fraction of sp³-hybridized carbons (Fsp3) is 0.667. The number of ether oxygens (including phenoxy) is 2. The lowest BCUT2D eigenvalue weighted by molar-refractivity contribution is 0.189. The van der Waals surface area contributed by atoms with E-state index in [9.17, 15) is 0 Å². The molecule has 54 valence electrons. The Morgan fingerprint density at radius 2 is 2.22 bits per heavy atom. The molecule has 0 unspecified atom stereocenters. The molecule has 1 N–H and O–H groups in total. The van der Waals surface area contributed by atoms with E-state index in [1.165, 1.54) is 0 Å². The Hall–Kier alpha value is -0.700. The second kappa shape index (κ2) is 5.44. The Bertz CT molecular complexity index is 83.1. The highest BCUT2D eigenvalue weighted by Crippen LogP contribution is 1.80. The van der Waals surface area contributed by atoms with Crippen LogP contribution in [0, 0.1) is 0 Å². The van der Waals surface area contributed by atoms with Crippen molar-refractivity contribution in [3.63, 3.8) is 0 Å². The normalized spacial score (nSPS) is 8.67. The minimum absolute atomic E-state index is 0.576. The summed E-state index contributed by atoms with van der Waals surface area (Å²) in [6.07, 6.45) is 0. The van der Waals surface area contributed by atoms with E-state index >= 15 is 0 Å². The van der Waals surface area contributed by atoms with Gasteiger partial charge in [0, 0.05) is 13.7 Å². The summed E-state index contributed by atoms with van der Waals surface area (Å²) < 4.78 is 9.51. The predicted octanol–water partition coefficient (Wildman–Crippen LogP) is 0.340. The lowest BCUT2D eigenvalue weighted by Gasteiger charge is -2.05. The molecule has 3 heteroatoms. The van der Waals surface area contributed by atoms with Crippen LogP contribution in [-0.2, 0) is 9.47 Å². The van der Waals surface area contributed by atoms with Crippen molar-refractivity contribution < 1.29 is 9.47 Å². The van der Waals surface area contributed by atoms with Crippen LogP contribution in [0.5, 0.6) is 0 Å². The van der Waals surface area contributed by atoms with Crippen molar-refractivity contribution in [2.24, 2.45) is 0 Å². The van der Waals surface area contributed by atoms with Gasteiger partial charge < -0.3 is 14.8 Å². The summed E-state index contributed by atoms with van der Waals surface area (Å²) in [5.41, 5.74) is 0. The van der Waals surface area contributed by atoms with E-state index in [0.29, 0.717) is 12.5 Å². The van der Waals surface area contributed by atoms with E-state index in [-0.39, 0.29) is 0 Å². The van der Waals surface area contributed by atoms with Gasteiger partial charge in [0.2, 0.25) is 0 Å². The molecular weight excluding hydrogens is 118 g/mol. The van der Waals surface area contributed by atoms with Crippen LogP contribution in [-0.4, -0.2) is 27.4 Å². The average molecular weight is 131 g/mol. The molecule has 0 aromatic heterocycles. The fourth-order valence-electron chi connectivity index (χ4n) is 0.365. The van der Waals surface area contributed by atoms with Gasteiger partial charge in [-0.15, -0.1) is 0 Å². The SMILES string of the molecule is C=C(NCCOC)OC.